The van der Waals surface area contributed by atoms with Gasteiger partial charge in [0.2, 0.25) is 0 Å². The van der Waals surface area contributed by atoms with Crippen LogP contribution in [0.3, 0.4) is 0 Å². The molecule has 0 aliphatic rings. The number of halogens is 1. The largest absolute Gasteiger partial charge is 0.456 e. The normalized spacial score (nSPS) is 11.9. The van der Waals surface area contributed by atoms with Gasteiger partial charge in [0.1, 0.15) is 11.9 Å². The van der Waals surface area contributed by atoms with Crippen LogP contribution in [0.25, 0.3) is 21.5 Å². The SMILES string of the molecule is CCN(CC)CC(OC(C)=O)c1ccc2ccc3ccc(OC(C)=O)cc3c2c1.Cl. The van der Waals surface area contributed by atoms with Gasteiger partial charge >= 0.3 is 11.9 Å². The van der Waals surface area contributed by atoms with Crippen molar-refractivity contribution in [2.45, 2.75) is 33.8 Å². The number of hydrogen-bond acceptors (Lipinski definition) is 5. The Hall–Kier alpha value is -2.63. The third kappa shape index (κ3) is 5.49. The quantitative estimate of drug-likeness (QED) is 0.290. The van der Waals surface area contributed by atoms with Crippen LogP contribution in [0, 0.1) is 0 Å². The second-order valence-electron chi connectivity index (χ2n) is 7.11. The molecule has 0 aliphatic carbocycles. The summed E-state index contributed by atoms with van der Waals surface area (Å²) in [5.41, 5.74) is 0.949. The fourth-order valence-electron chi connectivity index (χ4n) is 3.60. The Bertz CT molecular complexity index is 1050. The van der Waals surface area contributed by atoms with Crippen molar-refractivity contribution in [3.63, 3.8) is 0 Å². The molecule has 1 unspecified atom stereocenters. The number of fused-ring (bicyclic) bond motifs is 3. The van der Waals surface area contributed by atoms with E-state index in [2.05, 4.69) is 30.9 Å². The lowest BCUT2D eigenvalue weighted by atomic mass is 9.97. The van der Waals surface area contributed by atoms with Gasteiger partial charge in [0.25, 0.3) is 0 Å². The van der Waals surface area contributed by atoms with Gasteiger partial charge in [-0.25, -0.2) is 0 Å². The molecular weight excluding hydrogens is 402 g/mol. The van der Waals surface area contributed by atoms with Gasteiger partial charge in [0, 0.05) is 20.4 Å². The Morgan fingerprint density at radius 3 is 2.00 bits per heavy atom. The highest BCUT2D eigenvalue weighted by Gasteiger charge is 2.18. The minimum atomic E-state index is -0.348. The molecule has 5 nitrogen and oxygen atoms in total. The van der Waals surface area contributed by atoms with Crippen molar-refractivity contribution >= 4 is 45.9 Å². The van der Waals surface area contributed by atoms with Crippen LogP contribution in [-0.4, -0.2) is 36.5 Å². The first-order valence-electron chi connectivity index (χ1n) is 9.95. The van der Waals surface area contributed by atoms with Crippen molar-refractivity contribution in [1.82, 2.24) is 4.90 Å². The number of carbonyl (C=O) groups is 2. The van der Waals surface area contributed by atoms with E-state index in [9.17, 15) is 9.59 Å². The van der Waals surface area contributed by atoms with Crippen LogP contribution in [-0.2, 0) is 14.3 Å². The summed E-state index contributed by atoms with van der Waals surface area (Å²) < 4.78 is 10.9. The van der Waals surface area contributed by atoms with Crippen LogP contribution >= 0.6 is 12.4 Å². The predicted molar refractivity (Wildman–Crippen MR) is 122 cm³/mol. The summed E-state index contributed by atoms with van der Waals surface area (Å²) in [6.07, 6.45) is -0.344. The first kappa shape index (κ1) is 23.6. The second kappa shape index (κ2) is 10.4. The molecule has 0 saturated heterocycles. The Labute approximate surface area is 183 Å². The molecule has 0 radical (unpaired) electrons. The standard InChI is InChI=1S/C24H27NO4.ClH/c1-5-25(6-2)15-24(29-17(4)27)20-10-9-18-7-8-19-11-12-21(28-16(3)26)14-23(19)22(18)13-20;/h7-14,24H,5-6,15H2,1-4H3;1H. The van der Waals surface area contributed by atoms with Crippen LogP contribution in [0.1, 0.15) is 39.4 Å². The Balaban J connectivity index is 0.00000320. The summed E-state index contributed by atoms with van der Waals surface area (Å²) in [6, 6.07) is 15.9. The molecule has 0 saturated carbocycles. The lowest BCUT2D eigenvalue weighted by Gasteiger charge is -2.25. The fraction of sp³-hybridized carbons (Fsp3) is 0.333. The molecule has 3 aromatic rings. The molecule has 6 heteroatoms. The van der Waals surface area contributed by atoms with Gasteiger partial charge in [0.15, 0.2) is 0 Å². The predicted octanol–water partition coefficient (Wildman–Crippen LogP) is 5.29. The van der Waals surface area contributed by atoms with E-state index in [1.165, 1.54) is 13.8 Å². The van der Waals surface area contributed by atoms with Crippen LogP contribution in [0.4, 0.5) is 0 Å². The number of benzene rings is 3. The molecule has 0 bridgehead atoms. The van der Waals surface area contributed by atoms with Crippen LogP contribution in [0.2, 0.25) is 0 Å². The van der Waals surface area contributed by atoms with Gasteiger partial charge in [0.05, 0.1) is 0 Å². The number of ether oxygens (including phenoxy) is 2. The van der Waals surface area contributed by atoms with Crippen molar-refractivity contribution in [3.05, 3.63) is 54.1 Å². The average molecular weight is 430 g/mol. The first-order chi connectivity index (χ1) is 13.9. The van der Waals surface area contributed by atoms with E-state index >= 15 is 0 Å². The number of carbonyl (C=O) groups excluding carboxylic acids is 2. The molecule has 1 atom stereocenters. The molecular formula is C24H28ClNO4. The molecule has 160 valence electrons. The second-order valence-corrected chi connectivity index (χ2v) is 7.11. The average Bonchev–Trinajstić information content (AvgIpc) is 2.69. The molecule has 0 fully saturated rings. The number of nitrogens with zero attached hydrogens (tertiary/aromatic N) is 1. The van der Waals surface area contributed by atoms with Crippen molar-refractivity contribution in [2.75, 3.05) is 19.6 Å². The Morgan fingerprint density at radius 2 is 1.43 bits per heavy atom. The summed E-state index contributed by atoms with van der Waals surface area (Å²) in [5.74, 6) is -0.126. The van der Waals surface area contributed by atoms with Gasteiger partial charge < -0.3 is 9.47 Å². The first-order valence-corrected chi connectivity index (χ1v) is 9.95. The number of rotatable bonds is 7. The molecule has 0 aromatic heterocycles. The number of esters is 2. The van der Waals surface area contributed by atoms with Gasteiger partial charge in [-0.3, -0.25) is 14.5 Å². The van der Waals surface area contributed by atoms with E-state index in [1.807, 2.05) is 30.3 Å². The van der Waals surface area contributed by atoms with Gasteiger partial charge in [-0.2, -0.15) is 0 Å². The van der Waals surface area contributed by atoms with Crippen molar-refractivity contribution in [3.8, 4) is 5.75 Å². The Morgan fingerprint density at radius 1 is 0.867 bits per heavy atom. The zero-order valence-electron chi connectivity index (χ0n) is 17.8. The maximum absolute atomic E-state index is 11.7. The molecule has 0 spiro atoms. The number of hydrogen-bond donors (Lipinski definition) is 0. The van der Waals surface area contributed by atoms with Crippen molar-refractivity contribution in [2.24, 2.45) is 0 Å². The molecule has 30 heavy (non-hydrogen) atoms. The van der Waals surface area contributed by atoms with E-state index in [4.69, 9.17) is 9.47 Å². The van der Waals surface area contributed by atoms with Gasteiger partial charge in [-0.15, -0.1) is 12.4 Å². The highest BCUT2D eigenvalue weighted by molar-refractivity contribution is 6.08. The zero-order valence-corrected chi connectivity index (χ0v) is 18.6. The summed E-state index contributed by atoms with van der Waals surface area (Å²) in [6.45, 7) is 9.44. The van der Waals surface area contributed by atoms with Crippen molar-refractivity contribution < 1.29 is 19.1 Å². The van der Waals surface area contributed by atoms with Crippen molar-refractivity contribution in [1.29, 1.82) is 0 Å². The van der Waals surface area contributed by atoms with E-state index in [1.54, 1.807) is 6.07 Å². The summed E-state index contributed by atoms with van der Waals surface area (Å²) >= 11 is 0. The lowest BCUT2D eigenvalue weighted by Crippen LogP contribution is -2.30. The highest BCUT2D eigenvalue weighted by atomic mass is 35.5. The monoisotopic (exact) mass is 429 g/mol. The van der Waals surface area contributed by atoms with E-state index in [0.717, 1.165) is 40.2 Å². The zero-order chi connectivity index (χ0) is 21.0. The van der Waals surface area contributed by atoms with Gasteiger partial charge in [-0.1, -0.05) is 44.2 Å². The summed E-state index contributed by atoms with van der Waals surface area (Å²) in [7, 11) is 0. The molecule has 3 rings (SSSR count). The van der Waals surface area contributed by atoms with Crippen LogP contribution in [0.5, 0.6) is 5.75 Å². The van der Waals surface area contributed by atoms with E-state index < -0.39 is 0 Å². The summed E-state index contributed by atoms with van der Waals surface area (Å²) in [5, 5.41) is 4.15. The fourth-order valence-corrected chi connectivity index (χ4v) is 3.60. The smallest absolute Gasteiger partial charge is 0.308 e. The lowest BCUT2D eigenvalue weighted by molar-refractivity contribution is -0.147. The third-order valence-corrected chi connectivity index (χ3v) is 5.09. The molecule has 0 amide bonds. The van der Waals surface area contributed by atoms with E-state index in [-0.39, 0.29) is 30.4 Å². The highest BCUT2D eigenvalue weighted by Crippen LogP contribution is 2.32. The molecule has 3 aromatic carbocycles. The minimum absolute atomic E-state index is 0. The number of likely N-dealkylation sites (N-methyl/N-ethyl adjacent to an activating group) is 1. The Kier molecular flexibility index (Phi) is 8.21. The summed E-state index contributed by atoms with van der Waals surface area (Å²) in [4.78, 5) is 25.3. The maximum atomic E-state index is 11.7. The molecule has 0 N–H and O–H groups in total. The molecule has 0 aliphatic heterocycles. The topological polar surface area (TPSA) is 55.8 Å². The van der Waals surface area contributed by atoms with Gasteiger partial charge in [-0.05, 0) is 58.4 Å². The third-order valence-electron chi connectivity index (χ3n) is 5.09. The van der Waals surface area contributed by atoms with Crippen LogP contribution in [0.15, 0.2) is 48.5 Å². The maximum Gasteiger partial charge on any atom is 0.308 e. The van der Waals surface area contributed by atoms with E-state index in [0.29, 0.717) is 12.3 Å². The molecule has 0 heterocycles. The minimum Gasteiger partial charge on any atom is -0.456 e. The van der Waals surface area contributed by atoms with Crippen LogP contribution < -0.4 is 4.74 Å².